The van der Waals surface area contributed by atoms with Gasteiger partial charge in [-0.2, -0.15) is 0 Å². The molecule has 94 valence electrons. The zero-order valence-corrected chi connectivity index (χ0v) is 9.94. The van der Waals surface area contributed by atoms with Crippen molar-refractivity contribution >= 4 is 5.91 Å². The summed E-state index contributed by atoms with van der Waals surface area (Å²) in [5, 5.41) is 6.41. The van der Waals surface area contributed by atoms with E-state index in [9.17, 15) is 9.18 Å². The highest BCUT2D eigenvalue weighted by molar-refractivity contribution is 5.78. The number of amides is 1. The number of hydrogen-bond acceptors (Lipinski definition) is 3. The number of likely N-dealkylation sites (N-methyl/N-ethyl adjacent to an activating group) is 1. The van der Waals surface area contributed by atoms with Crippen LogP contribution in [0.3, 0.4) is 0 Å². The van der Waals surface area contributed by atoms with Gasteiger partial charge in [-0.3, -0.25) is 4.79 Å². The fourth-order valence-corrected chi connectivity index (χ4v) is 1.61. The second-order valence-corrected chi connectivity index (χ2v) is 3.79. The molecule has 1 heterocycles. The number of halogens is 1. The fraction of sp³-hybridized carbons (Fsp3) is 0.231. The van der Waals surface area contributed by atoms with Gasteiger partial charge in [0.1, 0.15) is 5.82 Å². The molecule has 2 rings (SSSR count). The molecule has 4 nitrogen and oxygen atoms in total. The molecule has 0 bridgehead atoms. The number of carbonyl (C=O) groups is 1. The Kier molecular flexibility index (Phi) is 3.72. The maximum Gasteiger partial charge on any atom is 0.226 e. The standard InChI is InChI=1S/C13H13FN2O2/c1-2-15-13(17)8-9-7-12(18-16-9)10-5-3-4-6-11(10)14/h3-7H,2,8H2,1H3,(H,15,17). The van der Waals surface area contributed by atoms with Crippen LogP contribution in [0.5, 0.6) is 0 Å². The lowest BCUT2D eigenvalue weighted by Crippen LogP contribution is -2.24. The van der Waals surface area contributed by atoms with E-state index >= 15 is 0 Å². The third kappa shape index (κ3) is 2.74. The van der Waals surface area contributed by atoms with Crippen molar-refractivity contribution in [3.05, 3.63) is 41.8 Å². The van der Waals surface area contributed by atoms with E-state index in [0.29, 0.717) is 23.6 Å². The smallest absolute Gasteiger partial charge is 0.226 e. The molecule has 0 unspecified atom stereocenters. The summed E-state index contributed by atoms with van der Waals surface area (Å²) >= 11 is 0. The number of carbonyl (C=O) groups excluding carboxylic acids is 1. The first-order valence-corrected chi connectivity index (χ1v) is 5.68. The van der Waals surface area contributed by atoms with Gasteiger partial charge in [-0.1, -0.05) is 17.3 Å². The Labute approximate surface area is 104 Å². The molecule has 1 amide bonds. The number of hydrogen-bond donors (Lipinski definition) is 1. The summed E-state index contributed by atoms with van der Waals surface area (Å²) in [7, 11) is 0. The average Bonchev–Trinajstić information content (AvgIpc) is 2.78. The van der Waals surface area contributed by atoms with Crippen molar-refractivity contribution in [1.29, 1.82) is 0 Å². The van der Waals surface area contributed by atoms with E-state index in [4.69, 9.17) is 4.52 Å². The Bertz CT molecular complexity index is 551. The molecular weight excluding hydrogens is 235 g/mol. The molecule has 1 aromatic carbocycles. The van der Waals surface area contributed by atoms with Crippen LogP contribution >= 0.6 is 0 Å². The van der Waals surface area contributed by atoms with Gasteiger partial charge >= 0.3 is 0 Å². The Hall–Kier alpha value is -2.17. The molecule has 2 aromatic rings. The van der Waals surface area contributed by atoms with Gasteiger partial charge in [0.25, 0.3) is 0 Å². The van der Waals surface area contributed by atoms with Crippen LogP contribution in [0.4, 0.5) is 4.39 Å². The summed E-state index contributed by atoms with van der Waals surface area (Å²) in [6.45, 7) is 2.41. The van der Waals surface area contributed by atoms with Crippen molar-refractivity contribution in [2.45, 2.75) is 13.3 Å². The molecule has 0 aliphatic heterocycles. The van der Waals surface area contributed by atoms with Crippen LogP contribution in [0.25, 0.3) is 11.3 Å². The summed E-state index contributed by atoms with van der Waals surface area (Å²) in [6, 6.07) is 7.84. The summed E-state index contributed by atoms with van der Waals surface area (Å²) in [4.78, 5) is 11.4. The largest absolute Gasteiger partial charge is 0.356 e. The third-order valence-electron chi connectivity index (χ3n) is 2.41. The normalized spacial score (nSPS) is 10.3. The maximum absolute atomic E-state index is 13.5. The Balaban J connectivity index is 2.16. The van der Waals surface area contributed by atoms with Gasteiger partial charge in [0, 0.05) is 12.6 Å². The maximum atomic E-state index is 13.5. The molecule has 0 saturated heterocycles. The van der Waals surface area contributed by atoms with E-state index in [1.54, 1.807) is 24.3 Å². The number of nitrogens with zero attached hydrogens (tertiary/aromatic N) is 1. The molecule has 18 heavy (non-hydrogen) atoms. The lowest BCUT2D eigenvalue weighted by Gasteiger charge is -1.97. The molecule has 0 aliphatic carbocycles. The average molecular weight is 248 g/mol. The first-order valence-electron chi connectivity index (χ1n) is 5.68. The van der Waals surface area contributed by atoms with E-state index < -0.39 is 0 Å². The van der Waals surface area contributed by atoms with Crippen LogP contribution in [-0.2, 0) is 11.2 Å². The Morgan fingerprint density at radius 1 is 1.44 bits per heavy atom. The van der Waals surface area contributed by atoms with Crippen LogP contribution < -0.4 is 5.32 Å². The monoisotopic (exact) mass is 248 g/mol. The topological polar surface area (TPSA) is 55.1 Å². The number of aromatic nitrogens is 1. The van der Waals surface area contributed by atoms with Crippen molar-refractivity contribution in [3.63, 3.8) is 0 Å². The molecule has 0 atom stereocenters. The van der Waals surface area contributed by atoms with Crippen molar-refractivity contribution in [2.24, 2.45) is 0 Å². The molecule has 0 fully saturated rings. The first-order chi connectivity index (χ1) is 8.70. The molecule has 0 aliphatic rings. The van der Waals surface area contributed by atoms with Crippen LogP contribution in [0.2, 0.25) is 0 Å². The van der Waals surface area contributed by atoms with Crippen molar-refractivity contribution in [3.8, 4) is 11.3 Å². The molecule has 0 spiro atoms. The Morgan fingerprint density at radius 2 is 2.22 bits per heavy atom. The van der Waals surface area contributed by atoms with Crippen molar-refractivity contribution in [2.75, 3.05) is 6.54 Å². The molecule has 0 radical (unpaired) electrons. The highest BCUT2D eigenvalue weighted by Crippen LogP contribution is 2.23. The predicted octanol–water partition coefficient (Wildman–Crippen LogP) is 2.16. The van der Waals surface area contributed by atoms with E-state index in [-0.39, 0.29) is 18.1 Å². The van der Waals surface area contributed by atoms with Crippen LogP contribution in [0, 0.1) is 5.82 Å². The van der Waals surface area contributed by atoms with E-state index in [1.807, 2.05) is 6.92 Å². The minimum Gasteiger partial charge on any atom is -0.356 e. The van der Waals surface area contributed by atoms with Gasteiger partial charge in [0.2, 0.25) is 5.91 Å². The minimum absolute atomic E-state index is 0.131. The third-order valence-corrected chi connectivity index (χ3v) is 2.41. The van der Waals surface area contributed by atoms with E-state index in [1.165, 1.54) is 6.07 Å². The van der Waals surface area contributed by atoms with Crippen LogP contribution in [0.15, 0.2) is 34.9 Å². The molecule has 5 heteroatoms. The fourth-order valence-electron chi connectivity index (χ4n) is 1.61. The minimum atomic E-state index is -0.377. The van der Waals surface area contributed by atoms with Crippen molar-refractivity contribution in [1.82, 2.24) is 10.5 Å². The molecule has 0 saturated carbocycles. The van der Waals surface area contributed by atoms with Gasteiger partial charge in [-0.25, -0.2) is 4.39 Å². The molecular formula is C13H13FN2O2. The van der Waals surface area contributed by atoms with Gasteiger partial charge in [-0.15, -0.1) is 0 Å². The van der Waals surface area contributed by atoms with Gasteiger partial charge in [-0.05, 0) is 19.1 Å². The van der Waals surface area contributed by atoms with Crippen LogP contribution in [0.1, 0.15) is 12.6 Å². The number of nitrogens with one attached hydrogen (secondary N) is 1. The Morgan fingerprint density at radius 3 is 2.94 bits per heavy atom. The second kappa shape index (κ2) is 5.44. The molecule has 1 N–H and O–H groups in total. The highest BCUT2D eigenvalue weighted by atomic mass is 19.1. The summed E-state index contributed by atoms with van der Waals surface area (Å²) in [5.41, 5.74) is 0.825. The highest BCUT2D eigenvalue weighted by Gasteiger charge is 2.12. The number of benzene rings is 1. The zero-order chi connectivity index (χ0) is 13.0. The quantitative estimate of drug-likeness (QED) is 0.902. The zero-order valence-electron chi connectivity index (χ0n) is 9.94. The lowest BCUT2D eigenvalue weighted by molar-refractivity contribution is -0.120. The van der Waals surface area contributed by atoms with E-state index in [2.05, 4.69) is 10.5 Å². The van der Waals surface area contributed by atoms with Gasteiger partial charge < -0.3 is 9.84 Å². The summed E-state index contributed by atoms with van der Waals surface area (Å²) in [5.74, 6) is -0.184. The molecule has 1 aromatic heterocycles. The van der Waals surface area contributed by atoms with E-state index in [0.717, 1.165) is 0 Å². The summed E-state index contributed by atoms with van der Waals surface area (Å²) < 4.78 is 18.5. The summed E-state index contributed by atoms with van der Waals surface area (Å²) in [6.07, 6.45) is 0.131. The SMILES string of the molecule is CCNC(=O)Cc1cc(-c2ccccc2F)on1. The van der Waals surface area contributed by atoms with Gasteiger partial charge in [0.05, 0.1) is 17.7 Å². The van der Waals surface area contributed by atoms with Crippen LogP contribution in [-0.4, -0.2) is 17.6 Å². The lowest BCUT2D eigenvalue weighted by atomic mass is 10.1. The number of rotatable bonds is 4. The van der Waals surface area contributed by atoms with Gasteiger partial charge in [0.15, 0.2) is 5.76 Å². The van der Waals surface area contributed by atoms with Crippen molar-refractivity contribution < 1.29 is 13.7 Å². The predicted molar refractivity (Wildman–Crippen MR) is 64.3 cm³/mol. The second-order valence-electron chi connectivity index (χ2n) is 3.79. The first kappa shape index (κ1) is 12.3.